The third-order valence-electron chi connectivity index (χ3n) is 4.67. The van der Waals surface area contributed by atoms with Gasteiger partial charge >= 0.3 is 0 Å². The second-order valence-electron chi connectivity index (χ2n) is 6.59. The molecule has 27 heavy (non-hydrogen) atoms. The van der Waals surface area contributed by atoms with Gasteiger partial charge in [-0.3, -0.25) is 24.5 Å². The molecule has 1 N–H and O–H groups in total. The number of nitrogens with zero attached hydrogens (tertiary/aromatic N) is 2. The summed E-state index contributed by atoms with van der Waals surface area (Å²) in [5, 5.41) is 15.7. The van der Waals surface area contributed by atoms with Gasteiger partial charge in [-0.25, -0.2) is 0 Å². The molecule has 0 aliphatic carbocycles. The molecule has 0 unspecified atom stereocenters. The molecule has 1 aromatic heterocycles. The average molecular weight is 387 g/mol. The minimum Gasteiger partial charge on any atom is -0.316 e. The maximum Gasteiger partial charge on any atom is 0.294 e. The first-order chi connectivity index (χ1) is 12.7. The number of fused-ring (bicyclic) bond motifs is 1. The topological polar surface area (TPSA) is 110 Å². The number of nitrogens with one attached hydrogen (secondary N) is 1. The molecule has 0 bridgehead atoms. The Morgan fingerprint density at radius 1 is 1.41 bits per heavy atom. The number of nitro benzene ring substituents is 1. The van der Waals surface area contributed by atoms with Crippen molar-refractivity contribution in [2.45, 2.75) is 26.2 Å². The van der Waals surface area contributed by atoms with Gasteiger partial charge in [0.25, 0.3) is 11.6 Å². The summed E-state index contributed by atoms with van der Waals surface area (Å²) in [5.41, 5.74) is 0.0448. The first kappa shape index (κ1) is 18.7. The first-order valence-electron chi connectivity index (χ1n) is 8.21. The number of carbonyl (C=O) groups is 3. The SMILES string of the molecule is CCN1C(=O)C(C)(C)c2cc(NC(=O)c3ccsc3C=O)c([N+](=O)[O-])cc21. The van der Waals surface area contributed by atoms with Gasteiger partial charge in [0.15, 0.2) is 6.29 Å². The molecule has 0 radical (unpaired) electrons. The van der Waals surface area contributed by atoms with Crippen LogP contribution in [0.25, 0.3) is 0 Å². The Labute approximate surface area is 158 Å². The summed E-state index contributed by atoms with van der Waals surface area (Å²) < 4.78 is 0. The smallest absolute Gasteiger partial charge is 0.294 e. The predicted molar refractivity (Wildman–Crippen MR) is 102 cm³/mol. The highest BCUT2D eigenvalue weighted by Gasteiger charge is 2.44. The number of nitro groups is 1. The van der Waals surface area contributed by atoms with Crippen LogP contribution in [-0.2, 0) is 10.2 Å². The Balaban J connectivity index is 2.10. The van der Waals surface area contributed by atoms with Crippen molar-refractivity contribution in [3.63, 3.8) is 0 Å². The third-order valence-corrected chi connectivity index (χ3v) is 5.51. The highest BCUT2D eigenvalue weighted by Crippen LogP contribution is 2.45. The molecule has 1 aliphatic heterocycles. The molecular weight excluding hydrogens is 370 g/mol. The fourth-order valence-corrected chi connectivity index (χ4v) is 3.91. The molecule has 2 aromatic rings. The summed E-state index contributed by atoms with van der Waals surface area (Å²) >= 11 is 1.11. The zero-order valence-electron chi connectivity index (χ0n) is 14.9. The van der Waals surface area contributed by atoms with E-state index in [0.29, 0.717) is 24.1 Å². The number of rotatable bonds is 5. The number of benzene rings is 1. The van der Waals surface area contributed by atoms with Gasteiger partial charge in [-0.15, -0.1) is 11.3 Å². The van der Waals surface area contributed by atoms with Crippen LogP contribution in [-0.4, -0.2) is 29.6 Å². The highest BCUT2D eigenvalue weighted by atomic mass is 32.1. The third kappa shape index (κ3) is 2.89. The van der Waals surface area contributed by atoms with E-state index in [2.05, 4.69) is 5.32 Å². The molecule has 0 atom stereocenters. The van der Waals surface area contributed by atoms with Crippen LogP contribution in [0.15, 0.2) is 23.6 Å². The molecule has 9 heteroatoms. The lowest BCUT2D eigenvalue weighted by molar-refractivity contribution is -0.383. The second-order valence-corrected chi connectivity index (χ2v) is 7.54. The van der Waals surface area contributed by atoms with Gasteiger partial charge < -0.3 is 10.2 Å². The Kier molecular flexibility index (Phi) is 4.56. The van der Waals surface area contributed by atoms with Gasteiger partial charge in [0, 0.05) is 12.6 Å². The maximum atomic E-state index is 12.6. The quantitative estimate of drug-likeness (QED) is 0.480. The zero-order valence-corrected chi connectivity index (χ0v) is 15.8. The van der Waals surface area contributed by atoms with Crippen molar-refractivity contribution in [2.75, 3.05) is 16.8 Å². The number of aldehydes is 1. The molecule has 8 nitrogen and oxygen atoms in total. The van der Waals surface area contributed by atoms with Crippen LogP contribution >= 0.6 is 11.3 Å². The van der Waals surface area contributed by atoms with E-state index >= 15 is 0 Å². The lowest BCUT2D eigenvalue weighted by Gasteiger charge is -2.18. The van der Waals surface area contributed by atoms with Gasteiger partial charge in [0.2, 0.25) is 5.91 Å². The molecule has 3 rings (SSSR count). The van der Waals surface area contributed by atoms with Crippen LogP contribution in [0.3, 0.4) is 0 Å². The Hall–Kier alpha value is -3.07. The molecule has 0 saturated carbocycles. The van der Waals surface area contributed by atoms with Gasteiger partial charge in [-0.2, -0.15) is 0 Å². The summed E-state index contributed by atoms with van der Waals surface area (Å²) in [6.45, 7) is 5.66. The van der Waals surface area contributed by atoms with E-state index < -0.39 is 16.2 Å². The summed E-state index contributed by atoms with van der Waals surface area (Å²) in [6, 6.07) is 4.27. The molecule has 0 fully saturated rings. The number of hydrogen-bond acceptors (Lipinski definition) is 6. The maximum absolute atomic E-state index is 12.6. The van der Waals surface area contributed by atoms with Crippen molar-refractivity contribution in [3.05, 3.63) is 49.7 Å². The minimum absolute atomic E-state index is 0.00868. The highest BCUT2D eigenvalue weighted by molar-refractivity contribution is 7.12. The van der Waals surface area contributed by atoms with Gasteiger partial charge in [0.1, 0.15) is 5.69 Å². The summed E-state index contributed by atoms with van der Waals surface area (Å²) in [4.78, 5) is 48.9. The molecule has 1 aliphatic rings. The van der Waals surface area contributed by atoms with Crippen LogP contribution in [0.1, 0.15) is 46.4 Å². The second kappa shape index (κ2) is 6.58. The first-order valence-corrected chi connectivity index (χ1v) is 9.09. The van der Waals surface area contributed by atoms with E-state index in [1.807, 2.05) is 0 Å². The average Bonchev–Trinajstić information content (AvgIpc) is 3.17. The van der Waals surface area contributed by atoms with Crippen LogP contribution in [0, 0.1) is 10.1 Å². The van der Waals surface area contributed by atoms with Crippen molar-refractivity contribution in [1.82, 2.24) is 0 Å². The van der Waals surface area contributed by atoms with Crippen molar-refractivity contribution in [1.29, 1.82) is 0 Å². The van der Waals surface area contributed by atoms with E-state index in [1.165, 1.54) is 23.1 Å². The van der Waals surface area contributed by atoms with Crippen LogP contribution in [0.5, 0.6) is 0 Å². The fourth-order valence-electron chi connectivity index (χ4n) is 3.22. The standard InChI is InChI=1S/C18H17N3O5S/c1-4-20-13-8-14(21(25)26)12(7-11(13)18(2,3)17(20)24)19-16(23)10-5-6-27-15(10)9-22/h5-9H,4H2,1-3H3,(H,19,23). The number of thiophene rings is 1. The monoisotopic (exact) mass is 387 g/mol. The normalized spacial score (nSPS) is 14.8. The number of amides is 2. The van der Waals surface area contributed by atoms with Gasteiger partial charge in [0.05, 0.1) is 26.5 Å². The van der Waals surface area contributed by atoms with E-state index in [0.717, 1.165) is 11.3 Å². The van der Waals surface area contributed by atoms with Crippen molar-refractivity contribution < 1.29 is 19.3 Å². The van der Waals surface area contributed by atoms with E-state index in [1.54, 1.807) is 26.2 Å². The van der Waals surface area contributed by atoms with Crippen molar-refractivity contribution in [3.8, 4) is 0 Å². The van der Waals surface area contributed by atoms with Crippen LogP contribution in [0.4, 0.5) is 17.1 Å². The zero-order chi connectivity index (χ0) is 19.9. The predicted octanol–water partition coefficient (Wildman–Crippen LogP) is 3.37. The molecule has 0 saturated heterocycles. The van der Waals surface area contributed by atoms with E-state index in [4.69, 9.17) is 0 Å². The summed E-state index contributed by atoms with van der Waals surface area (Å²) in [5.74, 6) is -0.769. The lowest BCUT2D eigenvalue weighted by Crippen LogP contribution is -2.35. The largest absolute Gasteiger partial charge is 0.316 e. The Morgan fingerprint density at radius 2 is 2.11 bits per heavy atom. The molecular formula is C18H17N3O5S. The van der Waals surface area contributed by atoms with Gasteiger partial charge in [-0.1, -0.05) is 0 Å². The van der Waals surface area contributed by atoms with E-state index in [-0.39, 0.29) is 27.7 Å². The molecule has 0 spiro atoms. The van der Waals surface area contributed by atoms with Crippen molar-refractivity contribution >= 4 is 46.5 Å². The minimum atomic E-state index is -0.865. The number of hydrogen-bond donors (Lipinski definition) is 1. The number of carbonyl (C=O) groups excluding carboxylic acids is 3. The number of likely N-dealkylation sites (N-methyl/N-ethyl adjacent to an activating group) is 1. The van der Waals surface area contributed by atoms with Crippen LogP contribution in [0.2, 0.25) is 0 Å². The van der Waals surface area contributed by atoms with E-state index in [9.17, 15) is 24.5 Å². The Morgan fingerprint density at radius 3 is 2.70 bits per heavy atom. The number of anilines is 2. The van der Waals surface area contributed by atoms with Crippen molar-refractivity contribution in [2.24, 2.45) is 0 Å². The summed E-state index contributed by atoms with van der Waals surface area (Å²) in [7, 11) is 0. The molecule has 2 heterocycles. The fraction of sp³-hybridized carbons (Fsp3) is 0.278. The molecule has 140 valence electrons. The summed E-state index contributed by atoms with van der Waals surface area (Å²) in [6.07, 6.45) is 0.567. The Bertz CT molecular complexity index is 979. The lowest BCUT2D eigenvalue weighted by atomic mass is 9.85. The molecule has 2 amide bonds. The van der Waals surface area contributed by atoms with Crippen LogP contribution < -0.4 is 10.2 Å². The van der Waals surface area contributed by atoms with Gasteiger partial charge in [-0.05, 0) is 43.8 Å². The molecule has 1 aromatic carbocycles.